The van der Waals surface area contributed by atoms with E-state index in [0.717, 1.165) is 43.7 Å². The fraction of sp³-hybridized carbons (Fsp3) is 0.462. The van der Waals surface area contributed by atoms with Gasteiger partial charge in [0.2, 0.25) is 0 Å². The summed E-state index contributed by atoms with van der Waals surface area (Å²) < 4.78 is 10.9. The van der Waals surface area contributed by atoms with Crippen molar-refractivity contribution in [3.05, 3.63) is 18.2 Å². The summed E-state index contributed by atoms with van der Waals surface area (Å²) in [7, 11) is 0. The molecule has 0 spiro atoms. The minimum Gasteiger partial charge on any atom is -0.424 e. The van der Waals surface area contributed by atoms with Crippen molar-refractivity contribution in [2.24, 2.45) is 5.92 Å². The number of anilines is 2. The number of fused-ring (bicyclic) bond motifs is 1. The molecule has 0 saturated carbocycles. The Morgan fingerprint density at radius 3 is 3.00 bits per heavy atom. The van der Waals surface area contributed by atoms with Crippen molar-refractivity contribution in [1.82, 2.24) is 4.98 Å². The number of ether oxygens (including phenoxy) is 1. The molecule has 18 heavy (non-hydrogen) atoms. The zero-order valence-electron chi connectivity index (χ0n) is 10.2. The van der Waals surface area contributed by atoms with Gasteiger partial charge in [0.1, 0.15) is 5.52 Å². The molecular formula is C13H17N3O2. The number of nitrogens with two attached hydrogens (primary N) is 1. The van der Waals surface area contributed by atoms with E-state index in [1.165, 1.54) is 0 Å². The monoisotopic (exact) mass is 247 g/mol. The molecule has 1 aromatic heterocycles. The molecule has 2 heterocycles. The predicted molar refractivity (Wildman–Crippen MR) is 70.5 cm³/mol. The van der Waals surface area contributed by atoms with Crippen LogP contribution in [-0.4, -0.2) is 24.7 Å². The highest BCUT2D eigenvalue weighted by Crippen LogP contribution is 2.22. The lowest BCUT2D eigenvalue weighted by Gasteiger charge is -2.21. The van der Waals surface area contributed by atoms with E-state index in [0.29, 0.717) is 17.6 Å². The lowest BCUT2D eigenvalue weighted by Crippen LogP contribution is -2.22. The third-order valence-electron chi connectivity index (χ3n) is 3.29. The van der Waals surface area contributed by atoms with Crippen LogP contribution in [-0.2, 0) is 4.74 Å². The number of hydrogen-bond acceptors (Lipinski definition) is 5. The highest BCUT2D eigenvalue weighted by molar-refractivity contribution is 5.78. The molecule has 1 aromatic carbocycles. The van der Waals surface area contributed by atoms with Crippen LogP contribution in [0, 0.1) is 5.92 Å². The van der Waals surface area contributed by atoms with Gasteiger partial charge in [0, 0.05) is 25.4 Å². The van der Waals surface area contributed by atoms with Crippen molar-refractivity contribution in [3.63, 3.8) is 0 Å². The Labute approximate surface area is 105 Å². The van der Waals surface area contributed by atoms with Gasteiger partial charge in [-0.3, -0.25) is 0 Å². The zero-order valence-corrected chi connectivity index (χ0v) is 10.2. The van der Waals surface area contributed by atoms with E-state index in [2.05, 4.69) is 10.3 Å². The van der Waals surface area contributed by atoms with Gasteiger partial charge < -0.3 is 20.2 Å². The number of rotatable bonds is 3. The highest BCUT2D eigenvalue weighted by atomic mass is 16.5. The average Bonchev–Trinajstić information content (AvgIpc) is 2.79. The topological polar surface area (TPSA) is 73.3 Å². The maximum Gasteiger partial charge on any atom is 0.295 e. The van der Waals surface area contributed by atoms with Gasteiger partial charge in [-0.25, -0.2) is 0 Å². The minimum absolute atomic E-state index is 0.571. The maximum absolute atomic E-state index is 5.71. The molecule has 1 fully saturated rings. The van der Waals surface area contributed by atoms with E-state index in [9.17, 15) is 0 Å². The van der Waals surface area contributed by atoms with Crippen molar-refractivity contribution in [3.8, 4) is 0 Å². The van der Waals surface area contributed by atoms with Gasteiger partial charge in [-0.1, -0.05) is 0 Å². The molecule has 0 aliphatic carbocycles. The predicted octanol–water partition coefficient (Wildman–Crippen LogP) is 2.25. The lowest BCUT2D eigenvalue weighted by atomic mass is 10.0. The molecule has 5 nitrogen and oxygen atoms in total. The van der Waals surface area contributed by atoms with Crippen LogP contribution in [0.4, 0.5) is 11.7 Å². The van der Waals surface area contributed by atoms with Crippen molar-refractivity contribution in [2.75, 3.05) is 30.8 Å². The Balaban J connectivity index is 1.67. The van der Waals surface area contributed by atoms with Crippen molar-refractivity contribution < 1.29 is 9.15 Å². The number of benzene rings is 1. The molecule has 3 rings (SSSR count). The van der Waals surface area contributed by atoms with E-state index in [1.807, 2.05) is 18.2 Å². The van der Waals surface area contributed by atoms with Gasteiger partial charge >= 0.3 is 0 Å². The molecule has 3 N–H and O–H groups in total. The molecule has 1 aliphatic heterocycles. The second-order valence-electron chi connectivity index (χ2n) is 4.68. The fourth-order valence-electron chi connectivity index (χ4n) is 2.20. The fourth-order valence-corrected chi connectivity index (χ4v) is 2.20. The number of aromatic nitrogens is 1. The Hall–Kier alpha value is -1.75. The third-order valence-corrected chi connectivity index (χ3v) is 3.29. The molecule has 5 heteroatoms. The van der Waals surface area contributed by atoms with Crippen LogP contribution in [0.3, 0.4) is 0 Å². The van der Waals surface area contributed by atoms with E-state index < -0.39 is 0 Å². The summed E-state index contributed by atoms with van der Waals surface area (Å²) in [5, 5.41) is 3.25. The summed E-state index contributed by atoms with van der Waals surface area (Å²) in [6, 6.07) is 6.05. The standard InChI is InChI=1S/C13H17N3O2/c14-10-1-2-12-11(7-10)16-13(18-12)15-8-9-3-5-17-6-4-9/h1-2,7,9H,3-6,8,14H2,(H,15,16). The number of nitrogen functional groups attached to an aromatic ring is 1. The molecular weight excluding hydrogens is 230 g/mol. The summed E-state index contributed by atoms with van der Waals surface area (Å²) in [5.41, 5.74) is 7.97. The smallest absolute Gasteiger partial charge is 0.295 e. The zero-order chi connectivity index (χ0) is 12.4. The molecule has 96 valence electrons. The van der Waals surface area contributed by atoms with Crippen LogP contribution in [0.15, 0.2) is 22.6 Å². The molecule has 0 bridgehead atoms. The first-order valence-corrected chi connectivity index (χ1v) is 6.29. The Morgan fingerprint density at radius 1 is 1.33 bits per heavy atom. The molecule has 0 amide bonds. The van der Waals surface area contributed by atoms with Gasteiger partial charge in [-0.15, -0.1) is 0 Å². The van der Waals surface area contributed by atoms with E-state index in [1.54, 1.807) is 0 Å². The highest BCUT2D eigenvalue weighted by Gasteiger charge is 2.14. The Bertz CT molecular complexity index is 532. The lowest BCUT2D eigenvalue weighted by molar-refractivity contribution is 0.0698. The first-order chi connectivity index (χ1) is 8.81. The summed E-state index contributed by atoms with van der Waals surface area (Å²) in [6.07, 6.45) is 2.19. The second-order valence-corrected chi connectivity index (χ2v) is 4.68. The van der Waals surface area contributed by atoms with Gasteiger partial charge in [0.15, 0.2) is 5.58 Å². The normalized spacial score (nSPS) is 17.1. The van der Waals surface area contributed by atoms with E-state index >= 15 is 0 Å². The van der Waals surface area contributed by atoms with E-state index in [-0.39, 0.29) is 0 Å². The summed E-state index contributed by atoms with van der Waals surface area (Å²) in [6.45, 7) is 2.60. The Morgan fingerprint density at radius 2 is 2.17 bits per heavy atom. The molecule has 0 unspecified atom stereocenters. The molecule has 0 radical (unpaired) electrons. The first-order valence-electron chi connectivity index (χ1n) is 6.29. The number of oxazole rings is 1. The van der Waals surface area contributed by atoms with Crippen LogP contribution < -0.4 is 11.1 Å². The number of hydrogen-bond donors (Lipinski definition) is 2. The van der Waals surface area contributed by atoms with Crippen molar-refractivity contribution in [2.45, 2.75) is 12.8 Å². The van der Waals surface area contributed by atoms with Gasteiger partial charge in [0.05, 0.1) is 0 Å². The van der Waals surface area contributed by atoms with Crippen LogP contribution in [0.1, 0.15) is 12.8 Å². The number of nitrogens with zero attached hydrogens (tertiary/aromatic N) is 1. The molecule has 2 aromatic rings. The molecule has 1 saturated heterocycles. The average molecular weight is 247 g/mol. The third kappa shape index (κ3) is 2.41. The molecule has 1 aliphatic rings. The maximum atomic E-state index is 5.71. The van der Waals surface area contributed by atoms with Crippen LogP contribution in [0.2, 0.25) is 0 Å². The van der Waals surface area contributed by atoms with Crippen molar-refractivity contribution in [1.29, 1.82) is 0 Å². The summed E-state index contributed by atoms with van der Waals surface area (Å²) in [5.74, 6) is 0.638. The quantitative estimate of drug-likeness (QED) is 0.814. The largest absolute Gasteiger partial charge is 0.424 e. The van der Waals surface area contributed by atoms with E-state index in [4.69, 9.17) is 14.9 Å². The molecule has 0 atom stereocenters. The minimum atomic E-state index is 0.571. The van der Waals surface area contributed by atoms with Gasteiger partial charge in [-0.2, -0.15) is 4.98 Å². The van der Waals surface area contributed by atoms with Gasteiger partial charge in [0.25, 0.3) is 6.01 Å². The SMILES string of the molecule is Nc1ccc2oc(NCC3CCOCC3)nc2c1. The van der Waals surface area contributed by atoms with Crippen molar-refractivity contribution >= 4 is 22.8 Å². The summed E-state index contributed by atoms with van der Waals surface area (Å²) in [4.78, 5) is 4.37. The Kier molecular flexibility index (Phi) is 3.06. The number of nitrogens with one attached hydrogen (secondary N) is 1. The van der Waals surface area contributed by atoms with Crippen LogP contribution in [0.5, 0.6) is 0 Å². The van der Waals surface area contributed by atoms with Gasteiger partial charge in [-0.05, 0) is 37.0 Å². The summed E-state index contributed by atoms with van der Waals surface area (Å²) >= 11 is 0. The first kappa shape index (κ1) is 11.3. The second kappa shape index (κ2) is 4.86. The van der Waals surface area contributed by atoms with Crippen LogP contribution >= 0.6 is 0 Å². The van der Waals surface area contributed by atoms with Crippen LogP contribution in [0.25, 0.3) is 11.1 Å².